The maximum absolute atomic E-state index is 5.13. The van der Waals surface area contributed by atoms with Crippen molar-refractivity contribution >= 4 is 21.7 Å². The minimum Gasteiger partial charge on any atom is -0.380 e. The fourth-order valence-corrected chi connectivity index (χ4v) is 2.89. The first-order valence-corrected chi connectivity index (χ1v) is 7.69. The predicted molar refractivity (Wildman–Crippen MR) is 89.5 cm³/mol. The van der Waals surface area contributed by atoms with Crippen molar-refractivity contribution in [2.24, 2.45) is 0 Å². The Morgan fingerprint density at radius 2 is 1.86 bits per heavy atom. The minimum atomic E-state index is 0.320. The van der Waals surface area contributed by atoms with E-state index in [2.05, 4.69) is 40.1 Å². The molecule has 2 aromatic rings. The number of aromatic nitrogens is 2. The van der Waals surface area contributed by atoms with Crippen LogP contribution in [0.1, 0.15) is 31.0 Å². The molecule has 1 aromatic heterocycles. The molecule has 0 unspecified atom stereocenters. The molecule has 0 bridgehead atoms. The number of hydrogen-bond donors (Lipinski definition) is 1. The highest BCUT2D eigenvalue weighted by Crippen LogP contribution is 2.31. The molecule has 112 valence electrons. The van der Waals surface area contributed by atoms with Crippen LogP contribution in [0.2, 0.25) is 0 Å². The van der Waals surface area contributed by atoms with Crippen LogP contribution in [0.4, 0.5) is 5.82 Å². The predicted octanol–water partition coefficient (Wildman–Crippen LogP) is 4.22. The Labute approximate surface area is 134 Å². The Kier molecular flexibility index (Phi) is 5.31. The van der Waals surface area contributed by atoms with E-state index in [4.69, 9.17) is 9.72 Å². The van der Waals surface area contributed by atoms with E-state index < -0.39 is 0 Å². The van der Waals surface area contributed by atoms with Gasteiger partial charge in [-0.2, -0.15) is 0 Å². The molecule has 0 saturated heterocycles. The topological polar surface area (TPSA) is 47.0 Å². The smallest absolute Gasteiger partial charge is 0.161 e. The molecule has 0 saturated carbocycles. The summed E-state index contributed by atoms with van der Waals surface area (Å²) in [6.45, 7) is 4.86. The van der Waals surface area contributed by atoms with Gasteiger partial charge in [0.2, 0.25) is 0 Å². The Morgan fingerprint density at radius 1 is 1.19 bits per heavy atom. The van der Waals surface area contributed by atoms with E-state index in [-0.39, 0.29) is 0 Å². The minimum absolute atomic E-state index is 0.320. The number of ether oxygens (including phenoxy) is 1. The fraction of sp³-hybridized carbons (Fsp3) is 0.375. The zero-order chi connectivity index (χ0) is 15.4. The average Bonchev–Trinajstić information content (AvgIpc) is 2.48. The molecule has 0 aliphatic carbocycles. The Bertz CT molecular complexity index is 612. The van der Waals surface area contributed by atoms with E-state index in [1.807, 2.05) is 31.3 Å². The van der Waals surface area contributed by atoms with Crippen LogP contribution in [-0.2, 0) is 11.3 Å². The number of benzene rings is 1. The molecule has 5 heteroatoms. The van der Waals surface area contributed by atoms with Crippen LogP contribution in [0.3, 0.4) is 0 Å². The first-order valence-electron chi connectivity index (χ1n) is 6.90. The van der Waals surface area contributed by atoms with Gasteiger partial charge in [0.05, 0.1) is 16.8 Å². The maximum atomic E-state index is 5.13. The molecule has 1 aromatic carbocycles. The first-order chi connectivity index (χ1) is 10.1. The summed E-state index contributed by atoms with van der Waals surface area (Å²) in [6, 6.07) is 8.14. The van der Waals surface area contributed by atoms with Crippen molar-refractivity contribution in [2.45, 2.75) is 26.4 Å². The van der Waals surface area contributed by atoms with Crippen molar-refractivity contribution in [3.8, 4) is 11.4 Å². The van der Waals surface area contributed by atoms with Crippen molar-refractivity contribution in [1.29, 1.82) is 0 Å². The molecule has 0 spiro atoms. The highest BCUT2D eigenvalue weighted by Gasteiger charge is 2.15. The number of rotatable bonds is 5. The largest absolute Gasteiger partial charge is 0.380 e. The number of methoxy groups -OCH3 is 1. The lowest BCUT2D eigenvalue weighted by Crippen LogP contribution is -2.04. The van der Waals surface area contributed by atoms with Gasteiger partial charge in [0.25, 0.3) is 0 Å². The zero-order valence-corrected chi connectivity index (χ0v) is 14.4. The summed E-state index contributed by atoms with van der Waals surface area (Å²) >= 11 is 3.58. The number of halogens is 1. The van der Waals surface area contributed by atoms with Crippen LogP contribution in [0, 0.1) is 0 Å². The Morgan fingerprint density at radius 3 is 2.38 bits per heavy atom. The number of hydrogen-bond acceptors (Lipinski definition) is 4. The van der Waals surface area contributed by atoms with Gasteiger partial charge in [-0.15, -0.1) is 0 Å². The summed E-state index contributed by atoms with van der Waals surface area (Å²) in [6.07, 6.45) is 0. The molecule has 0 aliphatic rings. The van der Waals surface area contributed by atoms with E-state index in [0.29, 0.717) is 12.5 Å². The third kappa shape index (κ3) is 3.60. The van der Waals surface area contributed by atoms with E-state index in [1.165, 1.54) is 0 Å². The highest BCUT2D eigenvalue weighted by atomic mass is 79.9. The van der Waals surface area contributed by atoms with E-state index in [1.54, 1.807) is 7.11 Å². The van der Waals surface area contributed by atoms with Crippen LogP contribution in [0.5, 0.6) is 0 Å². The SMILES string of the molecule is CNc1nc(-c2ccc(COC)cc2)nc(C(C)C)c1Br. The van der Waals surface area contributed by atoms with Crippen LogP contribution in [0.25, 0.3) is 11.4 Å². The van der Waals surface area contributed by atoms with Crippen molar-refractivity contribution < 1.29 is 4.74 Å². The van der Waals surface area contributed by atoms with Gasteiger partial charge in [0, 0.05) is 19.7 Å². The van der Waals surface area contributed by atoms with E-state index in [9.17, 15) is 0 Å². The van der Waals surface area contributed by atoms with Gasteiger partial charge < -0.3 is 10.1 Å². The Hall–Kier alpha value is -1.46. The number of nitrogens with one attached hydrogen (secondary N) is 1. The van der Waals surface area contributed by atoms with Crippen LogP contribution in [-0.4, -0.2) is 24.1 Å². The van der Waals surface area contributed by atoms with Gasteiger partial charge in [-0.1, -0.05) is 38.1 Å². The summed E-state index contributed by atoms with van der Waals surface area (Å²) < 4.78 is 6.06. The van der Waals surface area contributed by atoms with Crippen molar-refractivity contribution in [3.05, 3.63) is 40.0 Å². The maximum Gasteiger partial charge on any atom is 0.161 e. The third-order valence-electron chi connectivity index (χ3n) is 3.18. The van der Waals surface area contributed by atoms with Crippen molar-refractivity contribution in [3.63, 3.8) is 0 Å². The van der Waals surface area contributed by atoms with Crippen molar-refractivity contribution in [2.75, 3.05) is 19.5 Å². The number of anilines is 1. The Balaban J connectivity index is 2.45. The third-order valence-corrected chi connectivity index (χ3v) is 3.97. The summed E-state index contributed by atoms with van der Waals surface area (Å²) in [5, 5.41) is 3.11. The molecule has 21 heavy (non-hydrogen) atoms. The second-order valence-electron chi connectivity index (χ2n) is 5.13. The lowest BCUT2D eigenvalue weighted by Gasteiger charge is -2.13. The summed E-state index contributed by atoms with van der Waals surface area (Å²) in [5.41, 5.74) is 3.14. The zero-order valence-electron chi connectivity index (χ0n) is 12.8. The summed E-state index contributed by atoms with van der Waals surface area (Å²) in [5.74, 6) is 1.86. The molecule has 2 rings (SSSR count). The standard InChI is InChI=1S/C16H20BrN3O/c1-10(2)14-13(17)16(18-3)20-15(19-14)12-7-5-11(6-8-12)9-21-4/h5-8,10H,9H2,1-4H3,(H,18,19,20). The van der Waals surface area contributed by atoms with Gasteiger partial charge in [-0.25, -0.2) is 9.97 Å². The summed E-state index contributed by atoms with van der Waals surface area (Å²) in [7, 11) is 3.56. The molecule has 4 nitrogen and oxygen atoms in total. The van der Waals surface area contributed by atoms with E-state index >= 15 is 0 Å². The first kappa shape index (κ1) is 15.9. The lowest BCUT2D eigenvalue weighted by atomic mass is 10.1. The molecule has 0 aliphatic heterocycles. The molecule has 0 atom stereocenters. The van der Waals surface area contributed by atoms with Crippen LogP contribution >= 0.6 is 15.9 Å². The van der Waals surface area contributed by atoms with Gasteiger partial charge in [-0.05, 0) is 27.4 Å². The molecule has 1 heterocycles. The van der Waals surface area contributed by atoms with E-state index in [0.717, 1.165) is 32.9 Å². The van der Waals surface area contributed by atoms with Crippen molar-refractivity contribution in [1.82, 2.24) is 9.97 Å². The molecular formula is C16H20BrN3O. The molecule has 0 radical (unpaired) electrons. The fourth-order valence-electron chi connectivity index (χ4n) is 2.06. The second kappa shape index (κ2) is 7.00. The molecule has 0 fully saturated rings. The average molecular weight is 350 g/mol. The lowest BCUT2D eigenvalue weighted by molar-refractivity contribution is 0.185. The van der Waals surface area contributed by atoms with Crippen LogP contribution in [0.15, 0.2) is 28.7 Å². The summed E-state index contributed by atoms with van der Waals surface area (Å²) in [4.78, 5) is 9.28. The quantitative estimate of drug-likeness (QED) is 0.877. The molecule has 0 amide bonds. The second-order valence-corrected chi connectivity index (χ2v) is 5.92. The van der Waals surface area contributed by atoms with Gasteiger partial charge in [0.15, 0.2) is 5.82 Å². The number of nitrogens with zero attached hydrogens (tertiary/aromatic N) is 2. The highest BCUT2D eigenvalue weighted by molar-refractivity contribution is 9.10. The van der Waals surface area contributed by atoms with Crippen LogP contribution < -0.4 is 5.32 Å². The molecule has 1 N–H and O–H groups in total. The van der Waals surface area contributed by atoms with Gasteiger partial charge in [-0.3, -0.25) is 0 Å². The van der Waals surface area contributed by atoms with Gasteiger partial charge >= 0.3 is 0 Å². The van der Waals surface area contributed by atoms with Gasteiger partial charge in [0.1, 0.15) is 5.82 Å². The molecular weight excluding hydrogens is 330 g/mol. The normalized spacial score (nSPS) is 11.0. The monoisotopic (exact) mass is 349 g/mol.